The third kappa shape index (κ3) is 3.11. The van der Waals surface area contributed by atoms with E-state index >= 15 is 0 Å². The summed E-state index contributed by atoms with van der Waals surface area (Å²) in [6, 6.07) is 7.79. The average Bonchev–Trinajstić information content (AvgIpc) is 2.33. The molecule has 2 N–H and O–H groups in total. The molecule has 0 aliphatic rings. The Kier molecular flexibility index (Phi) is 3.86. The SMILES string of the molecule is Cc1c(N)ncnc1SCc1ccc(Cl)cc1. The lowest BCUT2D eigenvalue weighted by molar-refractivity contribution is 1.01. The van der Waals surface area contributed by atoms with E-state index < -0.39 is 0 Å². The maximum Gasteiger partial charge on any atom is 0.130 e. The summed E-state index contributed by atoms with van der Waals surface area (Å²) in [5.41, 5.74) is 7.87. The van der Waals surface area contributed by atoms with E-state index in [1.54, 1.807) is 11.8 Å². The standard InChI is InChI=1S/C12H12ClN3S/c1-8-11(14)15-7-16-12(8)17-6-9-2-4-10(13)5-3-9/h2-5,7H,6H2,1H3,(H2,14,15,16). The minimum absolute atomic E-state index is 0.540. The number of nitrogens with zero attached hydrogens (tertiary/aromatic N) is 2. The van der Waals surface area contributed by atoms with Gasteiger partial charge in [-0.05, 0) is 24.6 Å². The summed E-state index contributed by atoms with van der Waals surface area (Å²) < 4.78 is 0. The molecular weight excluding hydrogens is 254 g/mol. The lowest BCUT2D eigenvalue weighted by atomic mass is 10.2. The maximum atomic E-state index is 5.83. The number of benzene rings is 1. The van der Waals surface area contributed by atoms with E-state index in [2.05, 4.69) is 9.97 Å². The van der Waals surface area contributed by atoms with E-state index in [1.165, 1.54) is 11.9 Å². The first kappa shape index (κ1) is 12.2. The van der Waals surface area contributed by atoms with Gasteiger partial charge in [0, 0.05) is 16.3 Å². The molecule has 1 aromatic carbocycles. The van der Waals surface area contributed by atoms with Crippen LogP contribution in [0.15, 0.2) is 35.6 Å². The lowest BCUT2D eigenvalue weighted by Crippen LogP contribution is -1.97. The third-order valence-electron chi connectivity index (χ3n) is 2.37. The minimum atomic E-state index is 0.540. The van der Waals surface area contributed by atoms with Crippen LogP contribution in [0.3, 0.4) is 0 Å². The van der Waals surface area contributed by atoms with Gasteiger partial charge in [0.25, 0.3) is 0 Å². The number of nitrogens with two attached hydrogens (primary N) is 1. The summed E-state index contributed by atoms with van der Waals surface area (Å²) in [4.78, 5) is 8.16. The predicted octanol–water partition coefficient (Wildman–Crippen LogP) is 3.31. The van der Waals surface area contributed by atoms with Crippen molar-refractivity contribution in [2.45, 2.75) is 17.7 Å². The Bertz CT molecular complexity index is 514. The molecule has 0 atom stereocenters. The van der Waals surface area contributed by atoms with Crippen LogP contribution < -0.4 is 5.73 Å². The van der Waals surface area contributed by atoms with Gasteiger partial charge in [-0.2, -0.15) is 0 Å². The lowest BCUT2D eigenvalue weighted by Gasteiger charge is -2.05. The molecule has 0 aliphatic carbocycles. The van der Waals surface area contributed by atoms with Crippen LogP contribution in [-0.4, -0.2) is 9.97 Å². The normalized spacial score (nSPS) is 10.5. The molecule has 0 radical (unpaired) electrons. The van der Waals surface area contributed by atoms with Crippen LogP contribution in [-0.2, 0) is 5.75 Å². The highest BCUT2D eigenvalue weighted by atomic mass is 35.5. The molecule has 0 saturated carbocycles. The van der Waals surface area contributed by atoms with Crippen LogP contribution in [0.1, 0.15) is 11.1 Å². The fourth-order valence-corrected chi connectivity index (χ4v) is 2.39. The van der Waals surface area contributed by atoms with Crippen LogP contribution >= 0.6 is 23.4 Å². The number of anilines is 1. The van der Waals surface area contributed by atoms with Crippen molar-refractivity contribution < 1.29 is 0 Å². The number of halogens is 1. The molecule has 1 aromatic heterocycles. The van der Waals surface area contributed by atoms with Crippen molar-refractivity contribution in [3.63, 3.8) is 0 Å². The molecule has 1 heterocycles. The Morgan fingerprint density at radius 3 is 2.65 bits per heavy atom. The topological polar surface area (TPSA) is 51.8 Å². The summed E-state index contributed by atoms with van der Waals surface area (Å²) >= 11 is 7.48. The summed E-state index contributed by atoms with van der Waals surface area (Å²) in [5, 5.41) is 1.67. The van der Waals surface area contributed by atoms with Crippen molar-refractivity contribution in [3.05, 3.63) is 46.7 Å². The van der Waals surface area contributed by atoms with Crippen LogP contribution in [0.4, 0.5) is 5.82 Å². The van der Waals surface area contributed by atoms with E-state index in [1.807, 2.05) is 31.2 Å². The molecule has 17 heavy (non-hydrogen) atoms. The van der Waals surface area contributed by atoms with Crippen LogP contribution in [0.5, 0.6) is 0 Å². The summed E-state index contributed by atoms with van der Waals surface area (Å²) in [6.07, 6.45) is 1.49. The van der Waals surface area contributed by atoms with Crippen LogP contribution in [0.2, 0.25) is 5.02 Å². The number of rotatable bonds is 3. The first-order valence-corrected chi connectivity index (χ1v) is 6.47. The van der Waals surface area contributed by atoms with Gasteiger partial charge in [-0.3, -0.25) is 0 Å². The first-order chi connectivity index (χ1) is 8.16. The van der Waals surface area contributed by atoms with Crippen molar-refractivity contribution >= 4 is 29.2 Å². The molecule has 0 fully saturated rings. The molecule has 0 unspecified atom stereocenters. The van der Waals surface area contributed by atoms with E-state index in [0.717, 1.165) is 21.4 Å². The number of nitrogen functional groups attached to an aromatic ring is 1. The largest absolute Gasteiger partial charge is 0.383 e. The van der Waals surface area contributed by atoms with Crippen molar-refractivity contribution in [1.29, 1.82) is 0 Å². The summed E-state index contributed by atoms with van der Waals surface area (Å²) in [7, 11) is 0. The highest BCUT2D eigenvalue weighted by molar-refractivity contribution is 7.98. The van der Waals surface area contributed by atoms with Crippen LogP contribution in [0, 0.1) is 6.92 Å². The first-order valence-electron chi connectivity index (χ1n) is 5.11. The van der Waals surface area contributed by atoms with E-state index in [9.17, 15) is 0 Å². The molecule has 0 aliphatic heterocycles. The average molecular weight is 266 g/mol. The Morgan fingerprint density at radius 2 is 1.94 bits per heavy atom. The Balaban J connectivity index is 2.07. The van der Waals surface area contributed by atoms with Crippen molar-refractivity contribution in [1.82, 2.24) is 9.97 Å². The fraction of sp³-hybridized carbons (Fsp3) is 0.167. The Hall–Kier alpha value is -1.26. The molecular formula is C12H12ClN3S. The van der Waals surface area contributed by atoms with Crippen molar-refractivity contribution in [2.75, 3.05) is 5.73 Å². The molecule has 0 saturated heterocycles. The van der Waals surface area contributed by atoms with Gasteiger partial charge in [0.05, 0.1) is 0 Å². The fourth-order valence-electron chi connectivity index (χ4n) is 1.32. The van der Waals surface area contributed by atoms with Gasteiger partial charge in [-0.15, -0.1) is 11.8 Å². The smallest absolute Gasteiger partial charge is 0.130 e. The van der Waals surface area contributed by atoms with E-state index in [0.29, 0.717) is 5.82 Å². The molecule has 0 amide bonds. The van der Waals surface area contributed by atoms with Gasteiger partial charge in [0.2, 0.25) is 0 Å². The third-order valence-corrected chi connectivity index (χ3v) is 3.78. The number of aromatic nitrogens is 2. The second-order valence-electron chi connectivity index (χ2n) is 3.60. The summed E-state index contributed by atoms with van der Waals surface area (Å²) in [6.45, 7) is 1.93. The maximum absolute atomic E-state index is 5.83. The minimum Gasteiger partial charge on any atom is -0.383 e. The highest BCUT2D eigenvalue weighted by Gasteiger charge is 2.05. The van der Waals surface area contributed by atoms with Gasteiger partial charge in [0.15, 0.2) is 0 Å². The second-order valence-corrected chi connectivity index (χ2v) is 5.00. The number of hydrogen-bond acceptors (Lipinski definition) is 4. The van der Waals surface area contributed by atoms with Gasteiger partial charge in [-0.25, -0.2) is 9.97 Å². The molecule has 2 aromatic rings. The predicted molar refractivity (Wildman–Crippen MR) is 72.2 cm³/mol. The van der Waals surface area contributed by atoms with Gasteiger partial charge < -0.3 is 5.73 Å². The van der Waals surface area contributed by atoms with Crippen LogP contribution in [0.25, 0.3) is 0 Å². The number of hydrogen-bond donors (Lipinski definition) is 1. The van der Waals surface area contributed by atoms with Gasteiger partial charge in [-0.1, -0.05) is 23.7 Å². The van der Waals surface area contributed by atoms with Gasteiger partial charge >= 0.3 is 0 Å². The Labute approximate surface area is 109 Å². The number of thioether (sulfide) groups is 1. The quantitative estimate of drug-likeness (QED) is 0.683. The zero-order valence-electron chi connectivity index (χ0n) is 9.35. The van der Waals surface area contributed by atoms with E-state index in [-0.39, 0.29) is 0 Å². The molecule has 0 spiro atoms. The van der Waals surface area contributed by atoms with Crippen molar-refractivity contribution in [2.24, 2.45) is 0 Å². The highest BCUT2D eigenvalue weighted by Crippen LogP contribution is 2.26. The molecule has 88 valence electrons. The monoisotopic (exact) mass is 265 g/mol. The molecule has 0 bridgehead atoms. The zero-order valence-corrected chi connectivity index (χ0v) is 10.9. The Morgan fingerprint density at radius 1 is 1.24 bits per heavy atom. The molecule has 3 nitrogen and oxygen atoms in total. The van der Waals surface area contributed by atoms with Crippen molar-refractivity contribution in [3.8, 4) is 0 Å². The summed E-state index contributed by atoms with van der Waals surface area (Å²) in [5.74, 6) is 1.38. The molecule has 2 rings (SSSR count). The van der Waals surface area contributed by atoms with E-state index in [4.69, 9.17) is 17.3 Å². The second kappa shape index (κ2) is 5.38. The van der Waals surface area contributed by atoms with Gasteiger partial charge in [0.1, 0.15) is 17.2 Å². The molecule has 5 heteroatoms. The zero-order chi connectivity index (χ0) is 12.3.